The van der Waals surface area contributed by atoms with Gasteiger partial charge in [0.1, 0.15) is 5.82 Å². The first-order valence-corrected chi connectivity index (χ1v) is 7.38. The summed E-state index contributed by atoms with van der Waals surface area (Å²) in [6.07, 6.45) is 1.52. The molecular formula is C16H20N4O2. The first kappa shape index (κ1) is 14.6. The highest BCUT2D eigenvalue weighted by Gasteiger charge is 2.27. The van der Waals surface area contributed by atoms with E-state index >= 15 is 0 Å². The smallest absolute Gasteiger partial charge is 0.310 e. The van der Waals surface area contributed by atoms with Crippen LogP contribution in [0.25, 0.3) is 11.4 Å². The van der Waals surface area contributed by atoms with Gasteiger partial charge in [-0.15, -0.1) is 0 Å². The Bertz CT molecular complexity index is 676. The zero-order chi connectivity index (χ0) is 15.7. The Labute approximate surface area is 129 Å². The summed E-state index contributed by atoms with van der Waals surface area (Å²) >= 11 is 0. The number of fused-ring (bicyclic) bond motifs is 1. The molecule has 0 radical (unpaired) electrons. The lowest BCUT2D eigenvalue weighted by Crippen LogP contribution is -2.28. The van der Waals surface area contributed by atoms with E-state index in [4.69, 9.17) is 4.74 Å². The number of aryl methyl sites for hydroxylation is 1. The molecule has 0 aliphatic carbocycles. The number of methoxy groups -OCH3 is 1. The van der Waals surface area contributed by atoms with Crippen LogP contribution in [0.4, 0.5) is 5.69 Å². The third-order valence-electron chi connectivity index (χ3n) is 4.03. The lowest BCUT2D eigenvalue weighted by Gasteiger charge is -2.19. The number of hydrogen-bond donors (Lipinski definition) is 0. The van der Waals surface area contributed by atoms with Crippen LogP contribution in [0.3, 0.4) is 0 Å². The van der Waals surface area contributed by atoms with E-state index in [0.717, 1.165) is 29.9 Å². The van der Waals surface area contributed by atoms with Crippen molar-refractivity contribution in [2.45, 2.75) is 19.4 Å². The van der Waals surface area contributed by atoms with E-state index in [9.17, 15) is 4.79 Å². The number of rotatable bonds is 3. The highest BCUT2D eigenvalue weighted by atomic mass is 16.5. The molecule has 1 aromatic heterocycles. The lowest BCUT2D eigenvalue weighted by atomic mass is 10.0. The normalized spacial score (nSPS) is 17.0. The molecule has 0 N–H and O–H groups in total. The average molecular weight is 300 g/mol. The van der Waals surface area contributed by atoms with Crippen molar-refractivity contribution >= 4 is 11.7 Å². The summed E-state index contributed by atoms with van der Waals surface area (Å²) in [4.78, 5) is 18.3. The fourth-order valence-electron chi connectivity index (χ4n) is 2.70. The maximum Gasteiger partial charge on any atom is 0.310 e. The van der Waals surface area contributed by atoms with Gasteiger partial charge in [0.25, 0.3) is 0 Å². The Kier molecular flexibility index (Phi) is 3.83. The summed E-state index contributed by atoms with van der Waals surface area (Å²) in [6, 6.07) is 8.14. The minimum Gasteiger partial charge on any atom is -0.469 e. The fourth-order valence-corrected chi connectivity index (χ4v) is 2.70. The second-order valence-electron chi connectivity index (χ2n) is 5.73. The number of ether oxygens (including phenoxy) is 1. The van der Waals surface area contributed by atoms with Gasteiger partial charge in [-0.1, -0.05) is 0 Å². The summed E-state index contributed by atoms with van der Waals surface area (Å²) < 4.78 is 6.66. The molecule has 6 nitrogen and oxygen atoms in total. The van der Waals surface area contributed by atoms with Crippen molar-refractivity contribution in [3.8, 4) is 11.4 Å². The third-order valence-corrected chi connectivity index (χ3v) is 4.03. The molecule has 2 heterocycles. The van der Waals surface area contributed by atoms with Crippen LogP contribution >= 0.6 is 0 Å². The minimum atomic E-state index is -0.168. The number of anilines is 1. The Morgan fingerprint density at radius 3 is 2.68 bits per heavy atom. The van der Waals surface area contributed by atoms with Crippen LogP contribution < -0.4 is 4.90 Å². The number of carbonyl (C=O) groups is 1. The zero-order valence-electron chi connectivity index (χ0n) is 13.1. The number of benzene rings is 1. The molecule has 116 valence electrons. The number of aromatic nitrogens is 3. The molecule has 0 amide bonds. The van der Waals surface area contributed by atoms with Crippen molar-refractivity contribution in [1.29, 1.82) is 0 Å². The summed E-state index contributed by atoms with van der Waals surface area (Å²) in [5.74, 6) is 1.36. The van der Waals surface area contributed by atoms with Crippen molar-refractivity contribution < 1.29 is 9.53 Å². The van der Waals surface area contributed by atoms with Gasteiger partial charge in [-0.05, 0) is 30.7 Å². The number of esters is 1. The quantitative estimate of drug-likeness (QED) is 0.808. The van der Waals surface area contributed by atoms with Crippen molar-refractivity contribution in [1.82, 2.24) is 14.8 Å². The van der Waals surface area contributed by atoms with Gasteiger partial charge < -0.3 is 9.64 Å². The molecule has 0 saturated heterocycles. The Morgan fingerprint density at radius 2 is 2.05 bits per heavy atom. The van der Waals surface area contributed by atoms with Crippen LogP contribution in [0.5, 0.6) is 0 Å². The van der Waals surface area contributed by atoms with Gasteiger partial charge in [-0.25, -0.2) is 9.67 Å². The summed E-state index contributed by atoms with van der Waals surface area (Å²) in [7, 11) is 5.45. The molecule has 6 heteroatoms. The molecule has 1 aliphatic heterocycles. The van der Waals surface area contributed by atoms with Gasteiger partial charge >= 0.3 is 5.97 Å². The molecular weight excluding hydrogens is 280 g/mol. The molecule has 0 fully saturated rings. The molecule has 1 aliphatic rings. The minimum absolute atomic E-state index is 0.122. The van der Waals surface area contributed by atoms with Crippen molar-refractivity contribution in [3.63, 3.8) is 0 Å². The van der Waals surface area contributed by atoms with Gasteiger partial charge in [-0.3, -0.25) is 4.79 Å². The van der Waals surface area contributed by atoms with E-state index in [2.05, 4.69) is 15.0 Å². The first-order chi connectivity index (χ1) is 10.6. The largest absolute Gasteiger partial charge is 0.469 e. The van der Waals surface area contributed by atoms with Gasteiger partial charge in [0.2, 0.25) is 0 Å². The van der Waals surface area contributed by atoms with Gasteiger partial charge in [0.15, 0.2) is 5.82 Å². The number of carbonyl (C=O) groups excluding carboxylic acids is 1. The van der Waals surface area contributed by atoms with Crippen molar-refractivity contribution in [2.75, 3.05) is 26.1 Å². The maximum absolute atomic E-state index is 11.7. The molecule has 0 spiro atoms. The third kappa shape index (κ3) is 2.68. The van der Waals surface area contributed by atoms with E-state index in [1.54, 1.807) is 0 Å². The Hall–Kier alpha value is -2.37. The fraction of sp³-hybridized carbons (Fsp3) is 0.438. The van der Waals surface area contributed by atoms with Crippen LogP contribution in [0.2, 0.25) is 0 Å². The number of nitrogens with zero attached hydrogens (tertiary/aromatic N) is 4. The highest BCUT2D eigenvalue weighted by Crippen LogP contribution is 2.24. The first-order valence-electron chi connectivity index (χ1n) is 7.38. The average Bonchev–Trinajstić information content (AvgIpc) is 2.97. The SMILES string of the molecule is COC(=O)C1CCc2nc(-c3ccc(N(C)C)cc3)nn2C1. The van der Waals surface area contributed by atoms with E-state index < -0.39 is 0 Å². The van der Waals surface area contributed by atoms with E-state index in [1.165, 1.54) is 7.11 Å². The second-order valence-corrected chi connectivity index (χ2v) is 5.73. The zero-order valence-corrected chi connectivity index (χ0v) is 13.1. The molecule has 1 unspecified atom stereocenters. The van der Waals surface area contributed by atoms with Crippen LogP contribution in [0.15, 0.2) is 24.3 Å². The van der Waals surface area contributed by atoms with Gasteiger partial charge in [0, 0.05) is 31.8 Å². The molecule has 22 heavy (non-hydrogen) atoms. The standard InChI is InChI=1S/C16H20N4O2/c1-19(2)13-7-4-11(5-8-13)15-17-14-9-6-12(16(21)22-3)10-20(14)18-15/h4-5,7-8,12H,6,9-10H2,1-3H3. The van der Waals surface area contributed by atoms with E-state index in [1.807, 2.05) is 43.0 Å². The summed E-state index contributed by atoms with van der Waals surface area (Å²) in [5, 5.41) is 4.55. The summed E-state index contributed by atoms with van der Waals surface area (Å²) in [6.45, 7) is 0.546. The Morgan fingerprint density at radius 1 is 1.32 bits per heavy atom. The van der Waals surface area contributed by atoms with E-state index in [0.29, 0.717) is 12.4 Å². The van der Waals surface area contributed by atoms with Crippen molar-refractivity contribution in [3.05, 3.63) is 30.1 Å². The molecule has 3 rings (SSSR count). The van der Waals surface area contributed by atoms with Gasteiger partial charge in [-0.2, -0.15) is 5.10 Å². The van der Waals surface area contributed by atoms with Gasteiger partial charge in [0.05, 0.1) is 19.6 Å². The van der Waals surface area contributed by atoms with Crippen LogP contribution in [-0.2, 0) is 22.5 Å². The Balaban J connectivity index is 1.83. The molecule has 1 aromatic carbocycles. The molecule has 0 saturated carbocycles. The second kappa shape index (κ2) is 5.79. The topological polar surface area (TPSA) is 60.2 Å². The predicted octanol–water partition coefficient (Wildman–Crippen LogP) is 1.75. The molecule has 0 bridgehead atoms. The monoisotopic (exact) mass is 300 g/mol. The summed E-state index contributed by atoms with van der Waals surface area (Å²) in [5.41, 5.74) is 2.13. The molecule has 2 aromatic rings. The van der Waals surface area contributed by atoms with Crippen LogP contribution in [-0.4, -0.2) is 41.9 Å². The predicted molar refractivity (Wildman–Crippen MR) is 83.6 cm³/mol. The van der Waals surface area contributed by atoms with Crippen molar-refractivity contribution in [2.24, 2.45) is 5.92 Å². The number of hydrogen-bond acceptors (Lipinski definition) is 5. The highest BCUT2D eigenvalue weighted by molar-refractivity contribution is 5.72. The van der Waals surface area contributed by atoms with E-state index in [-0.39, 0.29) is 11.9 Å². The molecule has 1 atom stereocenters. The maximum atomic E-state index is 11.7. The lowest BCUT2D eigenvalue weighted by molar-refractivity contribution is -0.146. The van der Waals surface area contributed by atoms with Crippen LogP contribution in [0, 0.1) is 5.92 Å². The van der Waals surface area contributed by atoms with Crippen LogP contribution in [0.1, 0.15) is 12.2 Å².